The van der Waals surface area contributed by atoms with Crippen LogP contribution < -0.4 is 0 Å². The van der Waals surface area contributed by atoms with E-state index in [2.05, 4.69) is 9.97 Å². The van der Waals surface area contributed by atoms with Gasteiger partial charge in [-0.15, -0.1) is 0 Å². The number of pyridine rings is 2. The van der Waals surface area contributed by atoms with E-state index in [4.69, 9.17) is 0 Å². The molecule has 2 aromatic heterocycles. The molecular weight excluding hydrogens is 341 g/mol. The molecule has 3 aromatic rings. The third-order valence-corrected chi connectivity index (χ3v) is 4.33. The molecular formula is C16H9F3N2O2S. The first-order chi connectivity index (χ1) is 11.4. The lowest BCUT2D eigenvalue weighted by Gasteiger charge is -2.10. The first kappa shape index (κ1) is 16.3. The number of fused-ring (bicyclic) bond motifs is 1. The smallest absolute Gasteiger partial charge is 0.416 e. The maximum absolute atomic E-state index is 12.8. The quantitative estimate of drug-likeness (QED) is 0.754. The van der Waals surface area contributed by atoms with Gasteiger partial charge in [0, 0.05) is 22.7 Å². The minimum Gasteiger partial charge on any atom is -0.478 e. The van der Waals surface area contributed by atoms with Crippen LogP contribution in [0.1, 0.15) is 15.9 Å². The van der Waals surface area contributed by atoms with Crippen LogP contribution in [0.4, 0.5) is 13.2 Å². The molecule has 2 heterocycles. The van der Waals surface area contributed by atoms with Gasteiger partial charge in [-0.1, -0.05) is 17.8 Å². The number of halogens is 3. The Bertz CT molecular complexity index is 929. The predicted octanol–water partition coefficient (Wildman–Crippen LogP) is 4.50. The number of carbonyl (C=O) groups is 1. The molecule has 0 spiro atoms. The molecule has 0 saturated carbocycles. The molecule has 8 heteroatoms. The Labute approximate surface area is 138 Å². The highest BCUT2D eigenvalue weighted by molar-refractivity contribution is 7.99. The lowest BCUT2D eigenvalue weighted by molar-refractivity contribution is -0.137. The lowest BCUT2D eigenvalue weighted by atomic mass is 10.1. The second-order valence-corrected chi connectivity index (χ2v) is 5.83. The highest BCUT2D eigenvalue weighted by Crippen LogP contribution is 2.36. The average Bonchev–Trinajstić information content (AvgIpc) is 2.54. The molecule has 0 atom stereocenters. The molecule has 3 rings (SSSR count). The normalized spacial score (nSPS) is 11.6. The van der Waals surface area contributed by atoms with Gasteiger partial charge in [-0.2, -0.15) is 13.2 Å². The second-order valence-electron chi connectivity index (χ2n) is 4.80. The molecule has 0 aliphatic heterocycles. The van der Waals surface area contributed by atoms with E-state index in [-0.39, 0.29) is 16.1 Å². The highest BCUT2D eigenvalue weighted by Gasteiger charge is 2.30. The Balaban J connectivity index is 2.07. The Morgan fingerprint density at radius 2 is 1.88 bits per heavy atom. The van der Waals surface area contributed by atoms with Crippen LogP contribution in [0, 0.1) is 0 Å². The third-order valence-electron chi connectivity index (χ3n) is 3.24. The van der Waals surface area contributed by atoms with Crippen LogP contribution in [0.3, 0.4) is 0 Å². The molecule has 122 valence electrons. The van der Waals surface area contributed by atoms with Crippen molar-refractivity contribution in [2.24, 2.45) is 0 Å². The first-order valence-electron chi connectivity index (χ1n) is 6.68. The number of hydrogen-bond donors (Lipinski definition) is 1. The van der Waals surface area contributed by atoms with Crippen molar-refractivity contribution in [2.45, 2.75) is 16.1 Å². The van der Waals surface area contributed by atoms with Crippen LogP contribution in [-0.4, -0.2) is 21.0 Å². The van der Waals surface area contributed by atoms with Gasteiger partial charge in [-0.25, -0.2) is 9.78 Å². The number of carboxylic acids is 1. The number of aromatic nitrogens is 2. The SMILES string of the molecule is O=C(O)c1cccnc1Sc1ccnc2cc(C(F)(F)F)ccc12. The highest BCUT2D eigenvalue weighted by atomic mass is 32.2. The van der Waals surface area contributed by atoms with Crippen LogP contribution >= 0.6 is 11.8 Å². The van der Waals surface area contributed by atoms with Crippen molar-refractivity contribution in [1.29, 1.82) is 0 Å². The second kappa shape index (κ2) is 6.12. The standard InChI is InChI=1S/C16H9F3N2O2S/c17-16(18,19)9-3-4-10-12(8-9)20-7-5-13(10)24-14-11(15(22)23)2-1-6-21-14/h1-8H,(H,22,23). The lowest BCUT2D eigenvalue weighted by Crippen LogP contribution is -2.04. The molecule has 0 aliphatic rings. The number of carboxylic acid groups (broad SMARTS) is 1. The maximum atomic E-state index is 12.8. The fourth-order valence-electron chi connectivity index (χ4n) is 2.13. The van der Waals surface area contributed by atoms with Crippen LogP contribution in [0.15, 0.2) is 58.7 Å². The third kappa shape index (κ3) is 3.18. The summed E-state index contributed by atoms with van der Waals surface area (Å²) in [6.45, 7) is 0. The summed E-state index contributed by atoms with van der Waals surface area (Å²) in [4.78, 5) is 19.8. The molecule has 1 aromatic carbocycles. The van der Waals surface area contributed by atoms with Crippen molar-refractivity contribution >= 4 is 28.6 Å². The summed E-state index contributed by atoms with van der Waals surface area (Å²) in [6.07, 6.45) is -1.61. The summed E-state index contributed by atoms with van der Waals surface area (Å²) in [5, 5.41) is 9.95. The van der Waals surface area contributed by atoms with Crippen molar-refractivity contribution in [1.82, 2.24) is 9.97 Å². The van der Waals surface area contributed by atoms with E-state index >= 15 is 0 Å². The minimum atomic E-state index is -4.45. The Kier molecular flexibility index (Phi) is 4.15. The fraction of sp³-hybridized carbons (Fsp3) is 0.0625. The number of rotatable bonds is 3. The topological polar surface area (TPSA) is 63.1 Å². The van der Waals surface area contributed by atoms with Crippen molar-refractivity contribution in [3.8, 4) is 0 Å². The molecule has 0 fully saturated rings. The van der Waals surface area contributed by atoms with E-state index < -0.39 is 17.7 Å². The summed E-state index contributed by atoms with van der Waals surface area (Å²) >= 11 is 1.07. The van der Waals surface area contributed by atoms with Gasteiger partial charge in [0.15, 0.2) is 0 Å². The molecule has 24 heavy (non-hydrogen) atoms. The van der Waals surface area contributed by atoms with E-state index in [1.165, 1.54) is 30.6 Å². The van der Waals surface area contributed by atoms with E-state index in [0.29, 0.717) is 10.3 Å². The van der Waals surface area contributed by atoms with E-state index in [0.717, 1.165) is 23.9 Å². The van der Waals surface area contributed by atoms with Gasteiger partial charge in [-0.05, 0) is 30.3 Å². The molecule has 0 radical (unpaired) electrons. The Morgan fingerprint density at radius 3 is 2.58 bits per heavy atom. The Hall–Kier alpha value is -2.61. The number of nitrogens with zero attached hydrogens (tertiary/aromatic N) is 2. The molecule has 0 aliphatic carbocycles. The first-order valence-corrected chi connectivity index (χ1v) is 7.50. The van der Waals surface area contributed by atoms with Crippen molar-refractivity contribution < 1.29 is 23.1 Å². The van der Waals surface area contributed by atoms with Gasteiger partial charge in [0.1, 0.15) is 5.03 Å². The summed E-state index contributed by atoms with van der Waals surface area (Å²) in [5.41, 5.74) is -0.573. The van der Waals surface area contributed by atoms with E-state index in [1.807, 2.05) is 0 Å². The van der Waals surface area contributed by atoms with Crippen LogP contribution in [0.5, 0.6) is 0 Å². The largest absolute Gasteiger partial charge is 0.478 e. The summed E-state index contributed by atoms with van der Waals surface area (Å²) in [5.74, 6) is -1.12. The van der Waals surface area contributed by atoms with Crippen LogP contribution in [0.2, 0.25) is 0 Å². The number of alkyl halides is 3. The number of hydrogen-bond acceptors (Lipinski definition) is 4. The van der Waals surface area contributed by atoms with Gasteiger partial charge in [0.05, 0.1) is 16.6 Å². The summed E-state index contributed by atoms with van der Waals surface area (Å²) in [7, 11) is 0. The molecule has 0 unspecified atom stereocenters. The van der Waals surface area contributed by atoms with Crippen molar-refractivity contribution in [3.63, 3.8) is 0 Å². The van der Waals surface area contributed by atoms with Gasteiger partial charge < -0.3 is 5.11 Å². The number of benzene rings is 1. The zero-order chi connectivity index (χ0) is 17.3. The van der Waals surface area contributed by atoms with Gasteiger partial charge in [-0.3, -0.25) is 4.98 Å². The van der Waals surface area contributed by atoms with E-state index in [1.54, 1.807) is 6.07 Å². The maximum Gasteiger partial charge on any atom is 0.416 e. The zero-order valence-corrected chi connectivity index (χ0v) is 12.7. The van der Waals surface area contributed by atoms with Gasteiger partial charge >= 0.3 is 12.1 Å². The molecule has 1 N–H and O–H groups in total. The monoisotopic (exact) mass is 350 g/mol. The molecule has 4 nitrogen and oxygen atoms in total. The van der Waals surface area contributed by atoms with Gasteiger partial charge in [0.2, 0.25) is 0 Å². The zero-order valence-electron chi connectivity index (χ0n) is 11.9. The summed E-state index contributed by atoms with van der Waals surface area (Å²) in [6, 6.07) is 7.81. The van der Waals surface area contributed by atoms with Crippen molar-refractivity contribution in [3.05, 3.63) is 59.9 Å². The summed E-state index contributed by atoms with van der Waals surface area (Å²) < 4.78 is 38.4. The fourth-order valence-corrected chi connectivity index (χ4v) is 3.12. The molecule has 0 amide bonds. The minimum absolute atomic E-state index is 0.0272. The van der Waals surface area contributed by atoms with E-state index in [9.17, 15) is 23.1 Å². The molecule has 0 bridgehead atoms. The van der Waals surface area contributed by atoms with Crippen molar-refractivity contribution in [2.75, 3.05) is 0 Å². The Morgan fingerprint density at radius 1 is 1.08 bits per heavy atom. The van der Waals surface area contributed by atoms with Crippen LogP contribution in [-0.2, 0) is 6.18 Å². The predicted molar refractivity (Wildman–Crippen MR) is 82.1 cm³/mol. The average molecular weight is 350 g/mol. The van der Waals surface area contributed by atoms with Gasteiger partial charge in [0.25, 0.3) is 0 Å². The van der Waals surface area contributed by atoms with Crippen LogP contribution in [0.25, 0.3) is 10.9 Å². The molecule has 0 saturated heterocycles. The number of aromatic carboxylic acids is 1.